The number of aromatic hydroxyl groups is 2. The second kappa shape index (κ2) is 9.93. The Kier molecular flexibility index (Phi) is 7.08. The molecule has 0 bridgehead atoms. The Morgan fingerprint density at radius 3 is 1.52 bits per heavy atom. The fourth-order valence-corrected chi connectivity index (χ4v) is 3.48. The predicted octanol–water partition coefficient (Wildman–Crippen LogP) is 0.951. The molecule has 1 aliphatic heterocycles. The highest BCUT2D eigenvalue weighted by atomic mass is 16.3. The molecule has 2 aromatic rings. The highest BCUT2D eigenvalue weighted by Crippen LogP contribution is 2.18. The zero-order valence-corrected chi connectivity index (χ0v) is 16.2. The van der Waals surface area contributed by atoms with Gasteiger partial charge in [-0.2, -0.15) is 0 Å². The first-order chi connectivity index (χ1) is 14.0. The number of carbonyl (C=O) groups excluding carboxylic acids is 2. The molecule has 0 unspecified atom stereocenters. The smallest absolute Gasteiger partial charge is 0.225 e. The number of rotatable bonds is 8. The average molecular weight is 397 g/mol. The molecule has 2 amide bonds. The van der Waals surface area contributed by atoms with E-state index in [0.717, 1.165) is 11.1 Å². The van der Waals surface area contributed by atoms with Crippen molar-refractivity contribution in [3.8, 4) is 11.5 Å². The van der Waals surface area contributed by atoms with Gasteiger partial charge in [-0.3, -0.25) is 9.59 Å². The van der Waals surface area contributed by atoms with Gasteiger partial charge in [0.2, 0.25) is 11.8 Å². The number of phenols is 2. The molecular formula is C22H27N3O4. The zero-order valence-electron chi connectivity index (χ0n) is 16.2. The minimum atomic E-state index is -0.386. The third-order valence-corrected chi connectivity index (χ3v) is 5.19. The van der Waals surface area contributed by atoms with Gasteiger partial charge in [0.05, 0.1) is 11.8 Å². The van der Waals surface area contributed by atoms with Gasteiger partial charge in [-0.05, 0) is 48.2 Å². The first-order valence-electron chi connectivity index (χ1n) is 9.85. The molecule has 0 aromatic heterocycles. The van der Waals surface area contributed by atoms with Gasteiger partial charge in [0.1, 0.15) is 11.5 Å². The molecule has 0 aliphatic carbocycles. The maximum absolute atomic E-state index is 12.5. The van der Waals surface area contributed by atoms with Crippen LogP contribution in [0, 0.1) is 11.8 Å². The van der Waals surface area contributed by atoms with E-state index in [-0.39, 0.29) is 35.1 Å². The van der Waals surface area contributed by atoms with E-state index < -0.39 is 0 Å². The highest BCUT2D eigenvalue weighted by Gasteiger charge is 2.37. The first kappa shape index (κ1) is 20.7. The van der Waals surface area contributed by atoms with Crippen molar-refractivity contribution in [2.45, 2.75) is 12.8 Å². The van der Waals surface area contributed by atoms with E-state index in [1.165, 1.54) is 0 Å². The van der Waals surface area contributed by atoms with Crippen LogP contribution in [0.4, 0.5) is 0 Å². The van der Waals surface area contributed by atoms with E-state index in [2.05, 4.69) is 16.0 Å². The molecular weight excluding hydrogens is 370 g/mol. The summed E-state index contributed by atoms with van der Waals surface area (Å²) in [4.78, 5) is 25.1. The van der Waals surface area contributed by atoms with Crippen molar-refractivity contribution in [3.05, 3.63) is 59.7 Å². The molecule has 2 atom stereocenters. The van der Waals surface area contributed by atoms with Gasteiger partial charge in [-0.25, -0.2) is 0 Å². The molecule has 1 aliphatic rings. The van der Waals surface area contributed by atoms with Gasteiger partial charge in [0.25, 0.3) is 0 Å². The van der Waals surface area contributed by atoms with Gasteiger partial charge in [0.15, 0.2) is 0 Å². The monoisotopic (exact) mass is 397 g/mol. The molecule has 2 aromatic carbocycles. The van der Waals surface area contributed by atoms with Gasteiger partial charge >= 0.3 is 0 Å². The number of carbonyl (C=O) groups is 2. The number of hydrogen-bond acceptors (Lipinski definition) is 5. The van der Waals surface area contributed by atoms with Crippen LogP contribution in [0.5, 0.6) is 11.5 Å². The van der Waals surface area contributed by atoms with E-state index in [4.69, 9.17) is 0 Å². The van der Waals surface area contributed by atoms with Crippen LogP contribution in [0.25, 0.3) is 0 Å². The van der Waals surface area contributed by atoms with Crippen LogP contribution in [0.15, 0.2) is 48.5 Å². The fraction of sp³-hybridized carbons (Fsp3) is 0.364. The largest absolute Gasteiger partial charge is 0.508 e. The molecule has 3 rings (SSSR count). The summed E-state index contributed by atoms with van der Waals surface area (Å²) >= 11 is 0. The molecule has 1 saturated heterocycles. The standard InChI is InChI=1S/C22H27N3O4/c26-17-5-1-15(2-6-17)9-11-24-21(28)19-13-23-14-20(19)22(29)25-12-10-16-3-7-18(27)8-4-16/h1-8,19-20,23,26-27H,9-14H2,(H,24,28)(H,25,29)/t19-,20-/m1/s1. The van der Waals surface area contributed by atoms with Crippen LogP contribution >= 0.6 is 0 Å². The van der Waals surface area contributed by atoms with Crippen LogP contribution in [-0.4, -0.2) is 48.2 Å². The summed E-state index contributed by atoms with van der Waals surface area (Å²) < 4.78 is 0. The van der Waals surface area contributed by atoms with E-state index in [1.54, 1.807) is 24.3 Å². The van der Waals surface area contributed by atoms with Crippen LogP contribution in [0.2, 0.25) is 0 Å². The van der Waals surface area contributed by atoms with E-state index in [9.17, 15) is 19.8 Å². The topological polar surface area (TPSA) is 111 Å². The lowest BCUT2D eigenvalue weighted by atomic mass is 9.94. The van der Waals surface area contributed by atoms with E-state index in [0.29, 0.717) is 39.0 Å². The number of hydrogen-bond donors (Lipinski definition) is 5. The molecule has 29 heavy (non-hydrogen) atoms. The predicted molar refractivity (Wildman–Crippen MR) is 109 cm³/mol. The average Bonchev–Trinajstić information content (AvgIpc) is 3.21. The Morgan fingerprint density at radius 2 is 1.14 bits per heavy atom. The van der Waals surface area contributed by atoms with Crippen molar-refractivity contribution in [1.82, 2.24) is 16.0 Å². The van der Waals surface area contributed by atoms with Crippen molar-refractivity contribution >= 4 is 11.8 Å². The molecule has 154 valence electrons. The Hall–Kier alpha value is -3.06. The molecule has 7 nitrogen and oxygen atoms in total. The summed E-state index contributed by atoms with van der Waals surface area (Å²) in [6.45, 7) is 1.94. The maximum atomic E-state index is 12.5. The Bertz CT molecular complexity index is 751. The van der Waals surface area contributed by atoms with Crippen molar-refractivity contribution in [3.63, 3.8) is 0 Å². The summed E-state index contributed by atoms with van der Waals surface area (Å²) in [7, 11) is 0. The summed E-state index contributed by atoms with van der Waals surface area (Å²) in [6, 6.07) is 13.8. The Balaban J connectivity index is 1.42. The lowest BCUT2D eigenvalue weighted by Gasteiger charge is -2.18. The molecule has 0 saturated carbocycles. The Labute approximate surface area is 170 Å². The Morgan fingerprint density at radius 1 is 0.759 bits per heavy atom. The second-order valence-corrected chi connectivity index (χ2v) is 7.29. The van der Waals surface area contributed by atoms with Crippen LogP contribution in [0.1, 0.15) is 11.1 Å². The maximum Gasteiger partial charge on any atom is 0.225 e. The lowest BCUT2D eigenvalue weighted by molar-refractivity contribution is -0.132. The van der Waals surface area contributed by atoms with Crippen LogP contribution in [0.3, 0.4) is 0 Å². The summed E-state index contributed by atoms with van der Waals surface area (Å²) in [5, 5.41) is 27.6. The molecule has 7 heteroatoms. The molecule has 1 fully saturated rings. The quantitative estimate of drug-likeness (QED) is 0.456. The van der Waals surface area contributed by atoms with Gasteiger partial charge in [-0.15, -0.1) is 0 Å². The fourth-order valence-electron chi connectivity index (χ4n) is 3.48. The van der Waals surface area contributed by atoms with Crippen molar-refractivity contribution in [2.24, 2.45) is 11.8 Å². The number of benzene rings is 2. The minimum Gasteiger partial charge on any atom is -0.508 e. The minimum absolute atomic E-state index is 0.118. The number of phenolic OH excluding ortho intramolecular Hbond substituents is 2. The molecule has 1 heterocycles. The normalized spacial score (nSPS) is 18.3. The summed E-state index contributed by atoms with van der Waals surface area (Å²) in [6.07, 6.45) is 1.32. The van der Waals surface area contributed by atoms with Crippen LogP contribution < -0.4 is 16.0 Å². The zero-order chi connectivity index (χ0) is 20.6. The summed E-state index contributed by atoms with van der Waals surface area (Å²) in [5.74, 6) is -0.574. The first-order valence-corrected chi connectivity index (χ1v) is 9.85. The number of amides is 2. The number of nitrogens with one attached hydrogen (secondary N) is 3. The third kappa shape index (κ3) is 5.96. The summed E-state index contributed by atoms with van der Waals surface area (Å²) in [5.41, 5.74) is 2.05. The molecule has 0 radical (unpaired) electrons. The van der Waals surface area contributed by atoms with E-state index >= 15 is 0 Å². The van der Waals surface area contributed by atoms with Crippen molar-refractivity contribution in [2.75, 3.05) is 26.2 Å². The SMILES string of the molecule is O=C(NCCc1ccc(O)cc1)[C@@H]1CNC[C@H]1C(=O)NCCc1ccc(O)cc1. The third-order valence-electron chi connectivity index (χ3n) is 5.19. The molecule has 5 N–H and O–H groups in total. The highest BCUT2D eigenvalue weighted by molar-refractivity contribution is 5.88. The lowest BCUT2D eigenvalue weighted by Crippen LogP contribution is -2.42. The van der Waals surface area contributed by atoms with Gasteiger partial charge in [0, 0.05) is 26.2 Å². The van der Waals surface area contributed by atoms with Crippen molar-refractivity contribution in [1.29, 1.82) is 0 Å². The van der Waals surface area contributed by atoms with Gasteiger partial charge in [-0.1, -0.05) is 24.3 Å². The molecule has 0 spiro atoms. The second-order valence-electron chi connectivity index (χ2n) is 7.29. The van der Waals surface area contributed by atoms with E-state index in [1.807, 2.05) is 24.3 Å². The van der Waals surface area contributed by atoms with Gasteiger partial charge < -0.3 is 26.2 Å². The van der Waals surface area contributed by atoms with Crippen molar-refractivity contribution < 1.29 is 19.8 Å². The van der Waals surface area contributed by atoms with Crippen LogP contribution in [-0.2, 0) is 22.4 Å².